The zero-order chi connectivity index (χ0) is 5.11. The summed E-state index contributed by atoms with van der Waals surface area (Å²) in [7, 11) is 1.60. The fourth-order valence-corrected chi connectivity index (χ4v) is 0.453. The van der Waals surface area contributed by atoms with E-state index in [0.29, 0.717) is 13.4 Å². The maximum atomic E-state index is 4.86. The molecule has 3 nitrogen and oxygen atoms in total. The quantitative estimate of drug-likeness (QED) is 0.467. The van der Waals surface area contributed by atoms with E-state index in [1.165, 1.54) is 0 Å². The van der Waals surface area contributed by atoms with Crippen molar-refractivity contribution in [1.29, 1.82) is 0 Å². The van der Waals surface area contributed by atoms with Crippen LogP contribution in [0.3, 0.4) is 0 Å². The van der Waals surface area contributed by atoms with Crippen molar-refractivity contribution >= 4 is 0 Å². The van der Waals surface area contributed by atoms with Crippen molar-refractivity contribution in [2.45, 2.75) is 6.29 Å². The van der Waals surface area contributed by atoms with Crippen LogP contribution in [-0.4, -0.2) is 26.8 Å². The Morgan fingerprint density at radius 1 is 1.71 bits per heavy atom. The Kier molecular flexibility index (Phi) is 1.62. The lowest BCUT2D eigenvalue weighted by molar-refractivity contribution is -0.0845. The van der Waals surface area contributed by atoms with Gasteiger partial charge in [-0.1, -0.05) is 0 Å². The third-order valence-corrected chi connectivity index (χ3v) is 0.854. The van der Waals surface area contributed by atoms with E-state index in [-0.39, 0.29) is 6.29 Å². The van der Waals surface area contributed by atoms with Crippen LogP contribution in [0.15, 0.2) is 0 Å². The molecule has 1 atom stereocenters. The molecule has 42 valence electrons. The molecule has 0 amide bonds. The molecule has 0 spiro atoms. The summed E-state index contributed by atoms with van der Waals surface area (Å²) in [5.41, 5.74) is 0. The van der Waals surface area contributed by atoms with Crippen molar-refractivity contribution in [2.24, 2.45) is 0 Å². The first kappa shape index (κ1) is 5.03. The highest BCUT2D eigenvalue weighted by Gasteiger charge is 2.13. The maximum Gasteiger partial charge on any atom is 0.183 e. The second-order valence-electron chi connectivity index (χ2n) is 1.32. The van der Waals surface area contributed by atoms with Gasteiger partial charge in [0.25, 0.3) is 0 Å². The van der Waals surface area contributed by atoms with Gasteiger partial charge in [-0.3, -0.25) is 0 Å². The van der Waals surface area contributed by atoms with Crippen LogP contribution < -0.4 is 0 Å². The van der Waals surface area contributed by atoms with Gasteiger partial charge in [-0.15, -0.1) is 0 Å². The Morgan fingerprint density at radius 3 is 2.86 bits per heavy atom. The maximum absolute atomic E-state index is 4.86. The number of methoxy groups -OCH3 is 1. The first-order chi connectivity index (χ1) is 3.43. The van der Waals surface area contributed by atoms with Crippen LogP contribution >= 0.6 is 0 Å². The molecule has 0 aromatic heterocycles. The van der Waals surface area contributed by atoms with Crippen molar-refractivity contribution in [2.75, 3.05) is 20.5 Å². The van der Waals surface area contributed by atoms with Gasteiger partial charge in [0, 0.05) is 7.11 Å². The predicted octanol–water partition coefficient (Wildman–Crippen LogP) is -0.0368. The van der Waals surface area contributed by atoms with Crippen molar-refractivity contribution in [3.05, 3.63) is 0 Å². The highest BCUT2D eigenvalue weighted by Crippen LogP contribution is 2.01. The summed E-state index contributed by atoms with van der Waals surface area (Å²) in [6.45, 7) is 0.939. The van der Waals surface area contributed by atoms with Crippen molar-refractivity contribution in [3.63, 3.8) is 0 Å². The van der Waals surface area contributed by atoms with Gasteiger partial charge in [-0.05, 0) is 0 Å². The Bertz CT molecular complexity index is 48.9. The van der Waals surface area contributed by atoms with Gasteiger partial charge in [-0.2, -0.15) is 0 Å². The molecule has 0 saturated carbocycles. The highest BCUT2D eigenvalue weighted by molar-refractivity contribution is 4.41. The summed E-state index contributed by atoms with van der Waals surface area (Å²) in [5, 5.41) is 0. The minimum Gasteiger partial charge on any atom is -0.353 e. The van der Waals surface area contributed by atoms with Gasteiger partial charge in [0.1, 0.15) is 13.4 Å². The minimum absolute atomic E-state index is 0.125. The van der Waals surface area contributed by atoms with Crippen LogP contribution in [0, 0.1) is 0 Å². The second kappa shape index (κ2) is 2.26. The van der Waals surface area contributed by atoms with Crippen molar-refractivity contribution in [1.82, 2.24) is 0 Å². The van der Waals surface area contributed by atoms with Crippen LogP contribution in [0.1, 0.15) is 0 Å². The fraction of sp³-hybridized carbons (Fsp3) is 1.00. The minimum atomic E-state index is -0.125. The van der Waals surface area contributed by atoms with Crippen LogP contribution in [-0.2, 0) is 14.2 Å². The SMILES string of the molecule is CO[C@H]1COCO1. The molecule has 0 aromatic rings. The Labute approximate surface area is 42.2 Å². The molecule has 0 radical (unpaired) electrons. The zero-order valence-electron chi connectivity index (χ0n) is 4.22. The third kappa shape index (κ3) is 1.12. The number of rotatable bonds is 1. The summed E-state index contributed by atoms with van der Waals surface area (Å²) >= 11 is 0. The predicted molar refractivity (Wildman–Crippen MR) is 22.7 cm³/mol. The van der Waals surface area contributed by atoms with E-state index in [2.05, 4.69) is 0 Å². The summed E-state index contributed by atoms with van der Waals surface area (Å²) in [6.07, 6.45) is -0.125. The number of hydrogen-bond acceptors (Lipinski definition) is 3. The van der Waals surface area contributed by atoms with Gasteiger partial charge in [0.2, 0.25) is 0 Å². The molecule has 0 aliphatic carbocycles. The standard InChI is InChI=1S/C4H8O3/c1-5-4-2-6-3-7-4/h4H,2-3H2,1H3/t4-/m1/s1. The Balaban J connectivity index is 2.14. The second-order valence-corrected chi connectivity index (χ2v) is 1.32. The monoisotopic (exact) mass is 104 g/mol. The normalized spacial score (nSPS) is 31.3. The van der Waals surface area contributed by atoms with E-state index in [1.54, 1.807) is 7.11 Å². The molecule has 0 aromatic carbocycles. The molecule has 1 rings (SSSR count). The van der Waals surface area contributed by atoms with Gasteiger partial charge < -0.3 is 14.2 Å². The van der Waals surface area contributed by atoms with E-state index in [4.69, 9.17) is 14.2 Å². The topological polar surface area (TPSA) is 27.7 Å². The lowest BCUT2D eigenvalue weighted by Gasteiger charge is -2.00. The summed E-state index contributed by atoms with van der Waals surface area (Å²) < 4.78 is 14.4. The lowest BCUT2D eigenvalue weighted by Crippen LogP contribution is -2.10. The van der Waals surface area contributed by atoms with Crippen molar-refractivity contribution in [3.8, 4) is 0 Å². The fourth-order valence-electron chi connectivity index (χ4n) is 0.453. The van der Waals surface area contributed by atoms with Gasteiger partial charge in [-0.25, -0.2) is 0 Å². The summed E-state index contributed by atoms with van der Waals surface area (Å²) in [4.78, 5) is 0. The Morgan fingerprint density at radius 2 is 2.57 bits per heavy atom. The van der Waals surface area contributed by atoms with E-state index in [0.717, 1.165) is 0 Å². The van der Waals surface area contributed by atoms with E-state index in [1.807, 2.05) is 0 Å². The average molecular weight is 104 g/mol. The zero-order valence-corrected chi connectivity index (χ0v) is 4.22. The van der Waals surface area contributed by atoms with Gasteiger partial charge in [0.15, 0.2) is 6.29 Å². The van der Waals surface area contributed by atoms with Crippen LogP contribution in [0.2, 0.25) is 0 Å². The largest absolute Gasteiger partial charge is 0.353 e. The third-order valence-electron chi connectivity index (χ3n) is 0.854. The van der Waals surface area contributed by atoms with Crippen LogP contribution in [0.4, 0.5) is 0 Å². The first-order valence-corrected chi connectivity index (χ1v) is 2.15. The first-order valence-electron chi connectivity index (χ1n) is 2.15. The summed E-state index contributed by atoms with van der Waals surface area (Å²) in [5.74, 6) is 0. The van der Waals surface area contributed by atoms with E-state index < -0.39 is 0 Å². The summed E-state index contributed by atoms with van der Waals surface area (Å²) in [6, 6.07) is 0. The lowest BCUT2D eigenvalue weighted by atomic mass is 10.7. The highest BCUT2D eigenvalue weighted by atomic mass is 16.8. The molecule has 1 aliphatic heterocycles. The van der Waals surface area contributed by atoms with Crippen LogP contribution in [0.25, 0.3) is 0 Å². The number of ether oxygens (including phenoxy) is 3. The molecular formula is C4H8O3. The molecule has 1 heterocycles. The molecule has 1 saturated heterocycles. The number of hydrogen-bond donors (Lipinski definition) is 0. The molecule has 7 heavy (non-hydrogen) atoms. The average Bonchev–Trinajstić information content (AvgIpc) is 2.14. The molecule has 1 aliphatic rings. The molecule has 3 heteroatoms. The smallest absolute Gasteiger partial charge is 0.183 e. The van der Waals surface area contributed by atoms with Crippen LogP contribution in [0.5, 0.6) is 0 Å². The molecule has 0 bridgehead atoms. The molecular weight excluding hydrogens is 96.0 g/mol. The van der Waals surface area contributed by atoms with Gasteiger partial charge in [0.05, 0.1) is 0 Å². The van der Waals surface area contributed by atoms with Gasteiger partial charge >= 0.3 is 0 Å². The van der Waals surface area contributed by atoms with E-state index >= 15 is 0 Å². The van der Waals surface area contributed by atoms with Crippen molar-refractivity contribution < 1.29 is 14.2 Å². The molecule has 1 fully saturated rings. The van der Waals surface area contributed by atoms with E-state index in [9.17, 15) is 0 Å². The Hall–Kier alpha value is -0.120. The molecule has 0 unspecified atom stereocenters. The molecule has 0 N–H and O–H groups in total.